The van der Waals surface area contributed by atoms with Gasteiger partial charge in [-0.25, -0.2) is 4.39 Å². The van der Waals surface area contributed by atoms with E-state index >= 15 is 0 Å². The van der Waals surface area contributed by atoms with E-state index in [4.69, 9.17) is 4.74 Å². The van der Waals surface area contributed by atoms with Gasteiger partial charge < -0.3 is 10.1 Å². The van der Waals surface area contributed by atoms with Gasteiger partial charge in [-0.1, -0.05) is 13.0 Å². The number of ether oxygens (including phenoxy) is 1. The first kappa shape index (κ1) is 21.6. The maximum absolute atomic E-state index is 13.9. The second-order valence-electron chi connectivity index (χ2n) is 10.5. The highest BCUT2D eigenvalue weighted by atomic mass is 19.1. The van der Waals surface area contributed by atoms with Crippen LogP contribution < -0.4 is 10.1 Å². The highest BCUT2D eigenvalue weighted by molar-refractivity contribution is 5.43. The molecule has 6 rings (SSSR count). The summed E-state index contributed by atoms with van der Waals surface area (Å²) in [5.74, 6) is 3.44. The number of halogens is 1. The van der Waals surface area contributed by atoms with Crippen molar-refractivity contribution >= 4 is 5.82 Å². The number of hydrogen-bond acceptors (Lipinski definition) is 5. The Hall–Kier alpha value is -2.96. The first-order chi connectivity index (χ1) is 16.6. The fraction of sp³-hybridized carbons (Fsp3) is 0.519. The molecule has 1 saturated carbocycles. The lowest BCUT2D eigenvalue weighted by Crippen LogP contribution is -2.44. The van der Waals surface area contributed by atoms with E-state index in [0.29, 0.717) is 29.6 Å². The minimum Gasteiger partial charge on any atom is -0.480 e. The van der Waals surface area contributed by atoms with Crippen LogP contribution >= 0.6 is 0 Å². The Bertz CT molecular complexity index is 1180. The van der Waals surface area contributed by atoms with Crippen LogP contribution in [0.4, 0.5) is 10.2 Å². The Morgan fingerprint density at radius 1 is 1.18 bits per heavy atom. The molecule has 0 bridgehead atoms. The van der Waals surface area contributed by atoms with Gasteiger partial charge >= 0.3 is 0 Å². The van der Waals surface area contributed by atoms with Crippen LogP contribution in [0.3, 0.4) is 0 Å². The van der Waals surface area contributed by atoms with Crippen LogP contribution in [0.5, 0.6) is 5.88 Å². The summed E-state index contributed by atoms with van der Waals surface area (Å²) in [6, 6.07) is 9.22. The number of benzene rings is 1. The molecule has 2 heterocycles. The van der Waals surface area contributed by atoms with Crippen molar-refractivity contribution in [3.8, 4) is 5.88 Å². The summed E-state index contributed by atoms with van der Waals surface area (Å²) < 4.78 is 19.0. The van der Waals surface area contributed by atoms with Gasteiger partial charge in [0, 0.05) is 23.7 Å². The Kier molecular flexibility index (Phi) is 5.30. The van der Waals surface area contributed by atoms with Crippen molar-refractivity contribution < 1.29 is 9.13 Å². The maximum atomic E-state index is 13.9. The number of aryl methyl sites for hydroxylation is 1. The molecule has 178 valence electrons. The zero-order valence-corrected chi connectivity index (χ0v) is 19.9. The van der Waals surface area contributed by atoms with Gasteiger partial charge in [-0.05, 0) is 97.1 Å². The molecule has 1 fully saturated rings. The zero-order valence-electron chi connectivity index (χ0n) is 19.9. The molecule has 2 N–H and O–H groups in total. The van der Waals surface area contributed by atoms with Crippen LogP contribution in [-0.2, 0) is 11.8 Å². The minimum atomic E-state index is -0.105. The largest absolute Gasteiger partial charge is 0.480 e. The maximum Gasteiger partial charge on any atom is 0.233 e. The predicted octanol–water partition coefficient (Wildman–Crippen LogP) is 5.35. The number of nitrogens with zero attached hydrogens (tertiary/aromatic N) is 3. The fourth-order valence-electron chi connectivity index (χ4n) is 7.46. The third-order valence-corrected chi connectivity index (χ3v) is 8.86. The number of hydrogen-bond donors (Lipinski definition) is 2. The number of methoxy groups -OCH3 is 1. The number of aromatic nitrogens is 4. The molecule has 5 atom stereocenters. The topological polar surface area (TPSA) is 75.7 Å². The summed E-state index contributed by atoms with van der Waals surface area (Å²) >= 11 is 0. The van der Waals surface area contributed by atoms with Gasteiger partial charge in [0.15, 0.2) is 0 Å². The van der Waals surface area contributed by atoms with E-state index in [1.54, 1.807) is 19.2 Å². The Balaban J connectivity index is 1.21. The summed E-state index contributed by atoms with van der Waals surface area (Å²) in [5.41, 5.74) is 5.54. The molecule has 0 amide bonds. The van der Waals surface area contributed by atoms with E-state index in [9.17, 15) is 4.39 Å². The first-order valence-corrected chi connectivity index (χ1v) is 12.5. The second-order valence-corrected chi connectivity index (χ2v) is 10.5. The molecular weight excluding hydrogens is 429 g/mol. The molecule has 3 aliphatic rings. The summed E-state index contributed by atoms with van der Waals surface area (Å²) in [4.78, 5) is 0. The van der Waals surface area contributed by atoms with Gasteiger partial charge in [0.1, 0.15) is 11.6 Å². The smallest absolute Gasteiger partial charge is 0.233 e. The number of nitrogens with one attached hydrogen (secondary N) is 2. The van der Waals surface area contributed by atoms with Crippen molar-refractivity contribution in [1.82, 2.24) is 20.4 Å². The van der Waals surface area contributed by atoms with Crippen molar-refractivity contribution in [2.45, 2.75) is 62.7 Å². The molecule has 1 aromatic carbocycles. The summed E-state index contributed by atoms with van der Waals surface area (Å²) in [6.07, 6.45) is 8.69. The van der Waals surface area contributed by atoms with Crippen LogP contribution in [0.15, 0.2) is 36.5 Å². The van der Waals surface area contributed by atoms with Crippen molar-refractivity contribution in [3.05, 3.63) is 64.7 Å². The number of anilines is 1. The van der Waals surface area contributed by atoms with E-state index in [-0.39, 0.29) is 11.2 Å². The first-order valence-electron chi connectivity index (χ1n) is 12.5. The van der Waals surface area contributed by atoms with Crippen LogP contribution in [0.1, 0.15) is 73.2 Å². The van der Waals surface area contributed by atoms with E-state index in [2.05, 4.69) is 44.9 Å². The molecule has 0 radical (unpaired) electrons. The van der Waals surface area contributed by atoms with Gasteiger partial charge in [-0.15, -0.1) is 10.2 Å². The van der Waals surface area contributed by atoms with Gasteiger partial charge in [0.25, 0.3) is 0 Å². The molecule has 2 aromatic heterocycles. The van der Waals surface area contributed by atoms with Crippen LogP contribution in [0, 0.1) is 17.7 Å². The molecule has 3 aromatic rings. The van der Waals surface area contributed by atoms with Gasteiger partial charge in [-0.2, -0.15) is 5.10 Å². The van der Waals surface area contributed by atoms with E-state index in [1.807, 2.05) is 12.1 Å². The molecule has 3 unspecified atom stereocenters. The third kappa shape index (κ3) is 3.39. The SMILES string of the molecule is COc1ccc(NCCC[C@@H]2c3cn[nH]c3[C@@]3(C)CCC4c5ccc(F)cc5CCC4C23)nn1. The van der Waals surface area contributed by atoms with E-state index in [0.717, 1.165) is 44.5 Å². The van der Waals surface area contributed by atoms with E-state index in [1.165, 1.54) is 28.8 Å². The number of fused-ring (bicyclic) bond motifs is 7. The summed E-state index contributed by atoms with van der Waals surface area (Å²) in [6.45, 7) is 3.31. The average molecular weight is 462 g/mol. The Labute approximate surface area is 199 Å². The lowest BCUT2D eigenvalue weighted by Gasteiger charge is -2.50. The predicted molar refractivity (Wildman–Crippen MR) is 129 cm³/mol. The number of aromatic amines is 1. The van der Waals surface area contributed by atoms with Gasteiger partial charge in [0.05, 0.1) is 13.3 Å². The minimum absolute atomic E-state index is 0.105. The molecule has 6 nitrogen and oxygen atoms in total. The lowest BCUT2D eigenvalue weighted by atomic mass is 9.53. The molecule has 0 saturated heterocycles. The van der Waals surface area contributed by atoms with Crippen LogP contribution in [0.2, 0.25) is 0 Å². The quantitative estimate of drug-likeness (QED) is 0.484. The molecule has 3 aliphatic carbocycles. The lowest BCUT2D eigenvalue weighted by molar-refractivity contribution is 0.0801. The zero-order chi connectivity index (χ0) is 23.3. The van der Waals surface area contributed by atoms with E-state index < -0.39 is 0 Å². The van der Waals surface area contributed by atoms with Gasteiger partial charge in [0.2, 0.25) is 5.88 Å². The van der Waals surface area contributed by atoms with Crippen LogP contribution in [-0.4, -0.2) is 34.0 Å². The highest BCUT2D eigenvalue weighted by Crippen LogP contribution is 2.64. The summed E-state index contributed by atoms with van der Waals surface area (Å²) in [7, 11) is 1.59. The molecule has 7 heteroatoms. The second kappa shape index (κ2) is 8.36. The standard InChI is InChI=1S/C27H32FN5O/c1-27-12-11-19-18-8-6-17(28)14-16(18)5-7-21(19)25(27)20(22-15-30-33-26(22)27)4-3-13-29-23-9-10-24(34-2)32-31-23/h6,8-10,14-15,19-21,25H,3-5,7,11-13H2,1-2H3,(H,29,31)(H,30,33)/t19?,20-,21?,25?,27+/m1/s1. The highest BCUT2D eigenvalue weighted by Gasteiger charge is 2.57. The molecule has 0 spiro atoms. The Morgan fingerprint density at radius 2 is 2.09 bits per heavy atom. The number of rotatable bonds is 6. The fourth-order valence-corrected chi connectivity index (χ4v) is 7.46. The van der Waals surface area contributed by atoms with Crippen molar-refractivity contribution in [2.75, 3.05) is 19.0 Å². The molecular formula is C27H32FN5O. The monoisotopic (exact) mass is 461 g/mol. The van der Waals surface area contributed by atoms with Crippen molar-refractivity contribution in [3.63, 3.8) is 0 Å². The third-order valence-electron chi connectivity index (χ3n) is 8.86. The van der Waals surface area contributed by atoms with Crippen molar-refractivity contribution in [2.24, 2.45) is 11.8 Å². The number of H-pyrrole nitrogens is 1. The van der Waals surface area contributed by atoms with Crippen LogP contribution in [0.25, 0.3) is 0 Å². The van der Waals surface area contributed by atoms with Gasteiger partial charge in [-0.3, -0.25) is 5.10 Å². The average Bonchev–Trinajstić information content (AvgIpc) is 3.43. The summed E-state index contributed by atoms with van der Waals surface area (Å²) in [5, 5.41) is 19.5. The Morgan fingerprint density at radius 3 is 2.91 bits per heavy atom. The molecule has 0 aliphatic heterocycles. The molecule has 34 heavy (non-hydrogen) atoms. The van der Waals surface area contributed by atoms with Crippen molar-refractivity contribution in [1.29, 1.82) is 0 Å². The normalized spacial score (nSPS) is 29.0.